The lowest BCUT2D eigenvalue weighted by Gasteiger charge is -2.09. The van der Waals surface area contributed by atoms with Gasteiger partial charge in [0, 0.05) is 0 Å². The summed E-state index contributed by atoms with van der Waals surface area (Å²) < 4.78 is 16.3. The van der Waals surface area contributed by atoms with Crippen LogP contribution in [-0.4, -0.2) is 4.89 Å². The summed E-state index contributed by atoms with van der Waals surface area (Å²) in [7, 11) is -3.67. The Hall–Kier alpha value is -1.05. The van der Waals surface area contributed by atoms with Gasteiger partial charge >= 0.3 is 7.60 Å². The summed E-state index contributed by atoms with van der Waals surface area (Å²) in [6.07, 6.45) is 2.79. The van der Waals surface area contributed by atoms with E-state index in [9.17, 15) is 9.46 Å². The first kappa shape index (κ1) is 11.0. The number of hydrogen-bond donors (Lipinski definition) is 1. The molecule has 0 aromatic heterocycles. The molecule has 1 N–H and O–H groups in total. The van der Waals surface area contributed by atoms with Crippen molar-refractivity contribution in [1.29, 1.82) is 0 Å². The van der Waals surface area contributed by atoms with E-state index < -0.39 is 7.60 Å². The van der Waals surface area contributed by atoms with Crippen molar-refractivity contribution in [2.24, 2.45) is 0 Å². The molecular formula is C10H13O3P. The standard InChI is InChI=1S/C10H13O3P/c1-3-8-13-14(11,12)10-6-4-9(2)5-7-10/h3-8H,1-2H3,(H,11,12). The number of aryl methyl sites for hydroxylation is 1. The Kier molecular flexibility index (Phi) is 3.50. The second-order valence-electron chi connectivity index (χ2n) is 2.93. The second-order valence-corrected chi connectivity index (χ2v) is 4.70. The average molecular weight is 212 g/mol. The quantitative estimate of drug-likeness (QED) is 0.618. The maximum absolute atomic E-state index is 11.6. The summed E-state index contributed by atoms with van der Waals surface area (Å²) >= 11 is 0. The van der Waals surface area contributed by atoms with Gasteiger partial charge in [0.25, 0.3) is 0 Å². The van der Waals surface area contributed by atoms with Gasteiger partial charge in [-0.25, -0.2) is 4.57 Å². The molecule has 1 aromatic carbocycles. The van der Waals surface area contributed by atoms with Gasteiger partial charge in [0.2, 0.25) is 0 Å². The van der Waals surface area contributed by atoms with Crippen molar-refractivity contribution in [2.75, 3.05) is 0 Å². The molecule has 0 bridgehead atoms. The van der Waals surface area contributed by atoms with Crippen molar-refractivity contribution in [3.63, 3.8) is 0 Å². The average Bonchev–Trinajstić information content (AvgIpc) is 2.16. The summed E-state index contributed by atoms with van der Waals surface area (Å²) in [5, 5.41) is 0.307. The van der Waals surface area contributed by atoms with Crippen LogP contribution in [0.4, 0.5) is 0 Å². The molecule has 0 radical (unpaired) electrons. The monoisotopic (exact) mass is 212 g/mol. The van der Waals surface area contributed by atoms with Gasteiger partial charge < -0.3 is 9.42 Å². The second kappa shape index (κ2) is 4.45. The predicted molar refractivity (Wildman–Crippen MR) is 56.5 cm³/mol. The van der Waals surface area contributed by atoms with Crippen molar-refractivity contribution in [1.82, 2.24) is 0 Å². The molecule has 3 nitrogen and oxygen atoms in total. The SMILES string of the molecule is CC=COP(=O)(O)c1ccc(C)cc1. The summed E-state index contributed by atoms with van der Waals surface area (Å²) in [6, 6.07) is 6.74. The van der Waals surface area contributed by atoms with E-state index in [1.54, 1.807) is 37.3 Å². The van der Waals surface area contributed by atoms with E-state index in [1.165, 1.54) is 6.26 Å². The van der Waals surface area contributed by atoms with Crippen LogP contribution in [0.5, 0.6) is 0 Å². The van der Waals surface area contributed by atoms with Crippen LogP contribution in [0.15, 0.2) is 36.6 Å². The van der Waals surface area contributed by atoms with Crippen molar-refractivity contribution in [2.45, 2.75) is 13.8 Å². The van der Waals surface area contributed by atoms with E-state index in [0.29, 0.717) is 5.30 Å². The molecule has 1 rings (SSSR count). The largest absolute Gasteiger partial charge is 0.430 e. The zero-order valence-corrected chi connectivity index (χ0v) is 9.07. The van der Waals surface area contributed by atoms with Crippen molar-refractivity contribution < 1.29 is 14.0 Å². The highest BCUT2D eigenvalue weighted by Crippen LogP contribution is 2.40. The van der Waals surface area contributed by atoms with Crippen molar-refractivity contribution in [3.05, 3.63) is 42.2 Å². The molecule has 1 atom stereocenters. The fourth-order valence-corrected chi connectivity index (χ4v) is 1.87. The van der Waals surface area contributed by atoms with Gasteiger partial charge in [0.05, 0.1) is 11.6 Å². The first-order valence-corrected chi connectivity index (χ1v) is 5.83. The molecular weight excluding hydrogens is 199 g/mol. The molecule has 0 spiro atoms. The summed E-state index contributed by atoms with van der Waals surface area (Å²) in [5.41, 5.74) is 1.04. The molecule has 0 aliphatic heterocycles. The topological polar surface area (TPSA) is 46.5 Å². The fourth-order valence-electron chi connectivity index (χ4n) is 0.937. The molecule has 0 heterocycles. The molecule has 76 valence electrons. The first-order valence-electron chi connectivity index (χ1n) is 4.26. The Morgan fingerprint density at radius 2 is 1.93 bits per heavy atom. The highest BCUT2D eigenvalue weighted by atomic mass is 31.2. The molecule has 1 unspecified atom stereocenters. The Morgan fingerprint density at radius 1 is 1.36 bits per heavy atom. The number of allylic oxidation sites excluding steroid dienone is 1. The molecule has 0 aliphatic rings. The van der Waals surface area contributed by atoms with Crippen LogP contribution in [0.25, 0.3) is 0 Å². The minimum Gasteiger partial charge on any atom is -0.430 e. The molecule has 0 saturated carbocycles. The molecule has 0 saturated heterocycles. The van der Waals surface area contributed by atoms with E-state index >= 15 is 0 Å². The van der Waals surface area contributed by atoms with Crippen LogP contribution in [0, 0.1) is 6.92 Å². The third-order valence-electron chi connectivity index (χ3n) is 1.70. The van der Waals surface area contributed by atoms with E-state index in [4.69, 9.17) is 4.52 Å². The van der Waals surface area contributed by atoms with Crippen LogP contribution in [-0.2, 0) is 9.09 Å². The predicted octanol–water partition coefficient (Wildman–Crippen LogP) is 2.36. The maximum atomic E-state index is 11.6. The normalized spacial score (nSPS) is 15.4. The van der Waals surface area contributed by atoms with Crippen molar-refractivity contribution in [3.8, 4) is 0 Å². The zero-order chi connectivity index (χ0) is 10.6. The first-order chi connectivity index (χ1) is 6.56. The third kappa shape index (κ3) is 2.72. The van der Waals surface area contributed by atoms with Gasteiger partial charge in [-0.2, -0.15) is 0 Å². The van der Waals surface area contributed by atoms with E-state index in [0.717, 1.165) is 5.56 Å². The minimum atomic E-state index is -3.67. The van der Waals surface area contributed by atoms with Gasteiger partial charge in [0.1, 0.15) is 0 Å². The summed E-state index contributed by atoms with van der Waals surface area (Å²) in [4.78, 5) is 9.49. The van der Waals surface area contributed by atoms with E-state index in [2.05, 4.69) is 0 Å². The molecule has 0 aliphatic carbocycles. The third-order valence-corrected chi connectivity index (χ3v) is 3.06. The Labute approximate surface area is 83.6 Å². The lowest BCUT2D eigenvalue weighted by Crippen LogP contribution is -2.04. The van der Waals surface area contributed by atoms with Gasteiger partial charge in [0.15, 0.2) is 0 Å². The minimum absolute atomic E-state index is 0.307. The lowest BCUT2D eigenvalue weighted by molar-refractivity contribution is 0.361. The molecule has 14 heavy (non-hydrogen) atoms. The fraction of sp³-hybridized carbons (Fsp3) is 0.200. The molecule has 0 fully saturated rings. The summed E-state index contributed by atoms with van der Waals surface area (Å²) in [5.74, 6) is 0. The van der Waals surface area contributed by atoms with Crippen LogP contribution < -0.4 is 5.30 Å². The van der Waals surface area contributed by atoms with Crippen LogP contribution in [0.3, 0.4) is 0 Å². The highest BCUT2D eigenvalue weighted by molar-refractivity contribution is 7.61. The molecule has 1 aromatic rings. The number of benzene rings is 1. The van der Waals surface area contributed by atoms with Gasteiger partial charge in [-0.05, 0) is 26.0 Å². The Morgan fingerprint density at radius 3 is 2.43 bits per heavy atom. The van der Waals surface area contributed by atoms with E-state index in [1.807, 2.05) is 6.92 Å². The van der Waals surface area contributed by atoms with Gasteiger partial charge in [-0.3, -0.25) is 0 Å². The van der Waals surface area contributed by atoms with Crippen LogP contribution in [0.2, 0.25) is 0 Å². The molecule has 4 heteroatoms. The Bertz CT molecular complexity index is 367. The van der Waals surface area contributed by atoms with E-state index in [-0.39, 0.29) is 0 Å². The van der Waals surface area contributed by atoms with Gasteiger partial charge in [-0.15, -0.1) is 0 Å². The number of hydrogen-bond acceptors (Lipinski definition) is 2. The van der Waals surface area contributed by atoms with Crippen LogP contribution in [0.1, 0.15) is 12.5 Å². The maximum Gasteiger partial charge on any atom is 0.407 e. The Balaban J connectivity index is 2.92. The van der Waals surface area contributed by atoms with Gasteiger partial charge in [-0.1, -0.05) is 23.8 Å². The lowest BCUT2D eigenvalue weighted by atomic mass is 10.2. The summed E-state index contributed by atoms with van der Waals surface area (Å²) in [6.45, 7) is 3.63. The number of rotatable bonds is 3. The highest BCUT2D eigenvalue weighted by Gasteiger charge is 2.21. The zero-order valence-electron chi connectivity index (χ0n) is 8.18. The smallest absolute Gasteiger partial charge is 0.407 e. The van der Waals surface area contributed by atoms with Crippen LogP contribution >= 0.6 is 7.60 Å². The van der Waals surface area contributed by atoms with Crippen molar-refractivity contribution >= 4 is 12.9 Å². The molecule has 0 amide bonds.